The van der Waals surface area contributed by atoms with Gasteiger partial charge >= 0.3 is 0 Å². The number of carbonyl (C=O) groups is 1. The zero-order valence-electron chi connectivity index (χ0n) is 10.5. The molecule has 1 unspecified atom stereocenters. The van der Waals surface area contributed by atoms with Gasteiger partial charge in [-0.25, -0.2) is 4.99 Å². The first kappa shape index (κ1) is 13.1. The fourth-order valence-corrected chi connectivity index (χ4v) is 1.28. The van der Waals surface area contributed by atoms with Crippen molar-refractivity contribution in [3.63, 3.8) is 0 Å². The van der Waals surface area contributed by atoms with E-state index in [4.69, 9.17) is 5.26 Å². The third-order valence-corrected chi connectivity index (χ3v) is 2.28. The van der Waals surface area contributed by atoms with E-state index in [1.54, 1.807) is 0 Å². The lowest BCUT2D eigenvalue weighted by atomic mass is 10.2. The Balaban J connectivity index is 2.87. The lowest BCUT2D eigenvalue weighted by Crippen LogP contribution is -2.31. The van der Waals surface area contributed by atoms with E-state index in [1.165, 1.54) is 6.08 Å². The van der Waals surface area contributed by atoms with Crippen LogP contribution in [0.3, 0.4) is 0 Å². The molecule has 0 aromatic rings. The van der Waals surface area contributed by atoms with Gasteiger partial charge in [-0.3, -0.25) is 9.79 Å². The Morgan fingerprint density at radius 2 is 2.24 bits per heavy atom. The summed E-state index contributed by atoms with van der Waals surface area (Å²) < 4.78 is 0. The van der Waals surface area contributed by atoms with Gasteiger partial charge in [0.1, 0.15) is 17.5 Å². The Bertz CT molecular complexity index is 452. The molecule has 0 radical (unpaired) electrons. The molecule has 5 heteroatoms. The molecular weight excluding hydrogens is 216 g/mol. The van der Waals surface area contributed by atoms with Gasteiger partial charge in [-0.1, -0.05) is 0 Å². The Morgan fingerprint density at radius 3 is 2.65 bits per heavy atom. The first-order valence-corrected chi connectivity index (χ1v) is 5.49. The second kappa shape index (κ2) is 5.39. The number of hydrogen-bond acceptors (Lipinski definition) is 4. The summed E-state index contributed by atoms with van der Waals surface area (Å²) in [4.78, 5) is 20.0. The predicted octanol–water partition coefficient (Wildman–Crippen LogP) is 1.22. The molecule has 1 heterocycles. The third kappa shape index (κ3) is 3.52. The number of nitrogens with one attached hydrogen (secondary N) is 1. The number of hydrogen-bond donors (Lipinski definition) is 1. The quantitative estimate of drug-likeness (QED) is 0.586. The Hall–Kier alpha value is -1.96. The normalized spacial score (nSPS) is 19.8. The molecule has 0 saturated carbocycles. The minimum absolute atomic E-state index is 0.00562. The van der Waals surface area contributed by atoms with Crippen LogP contribution in [-0.2, 0) is 4.79 Å². The highest BCUT2D eigenvalue weighted by Gasteiger charge is 2.16. The van der Waals surface area contributed by atoms with Crippen molar-refractivity contribution < 1.29 is 4.79 Å². The molecule has 17 heavy (non-hydrogen) atoms. The van der Waals surface area contributed by atoms with Crippen LogP contribution in [0.4, 0.5) is 0 Å². The topological polar surface area (TPSA) is 77.6 Å². The van der Waals surface area contributed by atoms with Gasteiger partial charge in [-0.15, -0.1) is 0 Å². The van der Waals surface area contributed by atoms with Gasteiger partial charge in [0.2, 0.25) is 0 Å². The monoisotopic (exact) mass is 232 g/mol. The highest BCUT2D eigenvalue weighted by atomic mass is 16.1. The van der Waals surface area contributed by atoms with Crippen molar-refractivity contribution in [2.45, 2.75) is 39.8 Å². The van der Waals surface area contributed by atoms with Crippen LogP contribution < -0.4 is 5.32 Å². The molecule has 1 aliphatic heterocycles. The molecule has 0 aromatic heterocycles. The van der Waals surface area contributed by atoms with Crippen molar-refractivity contribution in [2.24, 2.45) is 9.98 Å². The number of carbonyl (C=O) groups excluding carboxylic acids is 1. The molecule has 1 aliphatic rings. The molecule has 0 aliphatic carbocycles. The van der Waals surface area contributed by atoms with Crippen LogP contribution >= 0.6 is 0 Å². The van der Waals surface area contributed by atoms with Gasteiger partial charge in [0.05, 0.1) is 6.04 Å². The van der Waals surface area contributed by atoms with Gasteiger partial charge in [0.15, 0.2) is 0 Å². The number of amides is 1. The molecule has 90 valence electrons. The largest absolute Gasteiger partial charge is 0.349 e. The van der Waals surface area contributed by atoms with Gasteiger partial charge in [-0.05, 0) is 27.7 Å². The molecule has 0 saturated heterocycles. The van der Waals surface area contributed by atoms with Gasteiger partial charge < -0.3 is 5.32 Å². The van der Waals surface area contributed by atoms with Crippen molar-refractivity contribution >= 4 is 17.5 Å². The Labute approximate surface area is 101 Å². The van der Waals surface area contributed by atoms with Crippen LogP contribution in [-0.4, -0.2) is 29.5 Å². The molecule has 1 amide bonds. The first-order valence-electron chi connectivity index (χ1n) is 5.49. The Morgan fingerprint density at radius 1 is 1.59 bits per heavy atom. The lowest BCUT2D eigenvalue weighted by molar-refractivity contribution is -0.117. The molecule has 0 aromatic carbocycles. The molecule has 1 atom stereocenters. The minimum Gasteiger partial charge on any atom is -0.349 e. The van der Waals surface area contributed by atoms with Crippen molar-refractivity contribution in [3.05, 3.63) is 11.6 Å². The van der Waals surface area contributed by atoms with Crippen molar-refractivity contribution in [2.75, 3.05) is 0 Å². The van der Waals surface area contributed by atoms with Crippen LogP contribution in [0.2, 0.25) is 0 Å². The van der Waals surface area contributed by atoms with E-state index in [9.17, 15) is 4.79 Å². The van der Waals surface area contributed by atoms with E-state index in [-0.39, 0.29) is 17.7 Å². The minimum atomic E-state index is -0.391. The zero-order valence-corrected chi connectivity index (χ0v) is 10.5. The van der Waals surface area contributed by atoms with Gasteiger partial charge in [0, 0.05) is 17.8 Å². The number of nitriles is 1. The molecule has 0 spiro atoms. The summed E-state index contributed by atoms with van der Waals surface area (Å²) >= 11 is 0. The highest BCUT2D eigenvalue weighted by Crippen LogP contribution is 2.07. The standard InChI is InChI=1S/C12H16N4O/c1-7(2)14-12(17)10(6-13)5-11-15-8(3)9(4)16-11/h5,7-8H,1-4H3,(H,14,17)/b10-5-. The number of nitrogens with zero attached hydrogens (tertiary/aromatic N) is 3. The fourth-order valence-electron chi connectivity index (χ4n) is 1.28. The predicted molar refractivity (Wildman–Crippen MR) is 67.0 cm³/mol. The number of amidine groups is 1. The van der Waals surface area contributed by atoms with Crippen LogP contribution in [0.15, 0.2) is 21.6 Å². The smallest absolute Gasteiger partial charge is 0.262 e. The summed E-state index contributed by atoms with van der Waals surface area (Å²) in [5, 5.41) is 11.6. The first-order chi connectivity index (χ1) is 7.93. The number of aliphatic imine (C=N–C) groups is 2. The zero-order chi connectivity index (χ0) is 13.0. The van der Waals surface area contributed by atoms with Gasteiger partial charge in [-0.2, -0.15) is 5.26 Å². The molecule has 1 rings (SSSR count). The third-order valence-electron chi connectivity index (χ3n) is 2.28. The average Bonchev–Trinajstić information content (AvgIpc) is 2.53. The fraction of sp³-hybridized carbons (Fsp3) is 0.500. The van der Waals surface area contributed by atoms with Crippen LogP contribution in [0.25, 0.3) is 0 Å². The van der Waals surface area contributed by atoms with Crippen LogP contribution in [0.5, 0.6) is 0 Å². The van der Waals surface area contributed by atoms with E-state index in [0.717, 1.165) is 5.71 Å². The van der Waals surface area contributed by atoms with Crippen LogP contribution in [0, 0.1) is 11.3 Å². The summed E-state index contributed by atoms with van der Waals surface area (Å²) in [5.41, 5.74) is 0.918. The van der Waals surface area contributed by atoms with E-state index < -0.39 is 5.91 Å². The SMILES string of the molecule is CC1=NC(/C=C(/C#N)C(=O)NC(C)C)=NC1C. The summed E-state index contributed by atoms with van der Waals surface area (Å²) in [6, 6.07) is 1.88. The molecular formula is C12H16N4O. The van der Waals surface area contributed by atoms with E-state index in [2.05, 4.69) is 15.3 Å². The molecule has 0 bridgehead atoms. The lowest BCUT2D eigenvalue weighted by Gasteiger charge is -2.06. The summed E-state index contributed by atoms with van der Waals surface area (Å²) in [7, 11) is 0. The summed E-state index contributed by atoms with van der Waals surface area (Å²) in [6.07, 6.45) is 1.42. The van der Waals surface area contributed by atoms with Crippen molar-refractivity contribution in [3.8, 4) is 6.07 Å². The highest BCUT2D eigenvalue weighted by molar-refractivity contribution is 6.13. The maximum atomic E-state index is 11.6. The maximum Gasteiger partial charge on any atom is 0.262 e. The molecule has 1 N–H and O–H groups in total. The van der Waals surface area contributed by atoms with E-state index in [0.29, 0.717) is 5.84 Å². The molecule has 0 fully saturated rings. The van der Waals surface area contributed by atoms with E-state index >= 15 is 0 Å². The van der Waals surface area contributed by atoms with Crippen LogP contribution in [0.1, 0.15) is 27.7 Å². The summed E-state index contributed by atoms with van der Waals surface area (Å²) in [5.74, 6) is 0.0445. The second-order valence-corrected chi connectivity index (χ2v) is 4.21. The maximum absolute atomic E-state index is 11.6. The second-order valence-electron chi connectivity index (χ2n) is 4.21. The van der Waals surface area contributed by atoms with Gasteiger partial charge in [0.25, 0.3) is 5.91 Å². The molecule has 5 nitrogen and oxygen atoms in total. The number of rotatable bonds is 3. The van der Waals surface area contributed by atoms with Crippen molar-refractivity contribution in [1.82, 2.24) is 5.32 Å². The van der Waals surface area contributed by atoms with Crippen molar-refractivity contribution in [1.29, 1.82) is 5.26 Å². The van der Waals surface area contributed by atoms with E-state index in [1.807, 2.05) is 33.8 Å². The average molecular weight is 232 g/mol. The summed E-state index contributed by atoms with van der Waals surface area (Å²) in [6.45, 7) is 7.46. The Kier molecular flexibility index (Phi) is 4.16.